The predicted octanol–water partition coefficient (Wildman–Crippen LogP) is 1.07. The maximum Gasteiger partial charge on any atom is 0.138 e. The van der Waals surface area contributed by atoms with Crippen molar-refractivity contribution in [1.82, 2.24) is 25.1 Å². The van der Waals surface area contributed by atoms with Crippen LogP contribution in [-0.2, 0) is 19.4 Å². The standard InChI is InChI=1S/C13H19N5/c1-3-18-13(16-10-17-18)9-12(14-2)8-11-6-4-5-7-15-11/h4-7,10,12,14H,3,8-9H2,1-2H3. The van der Waals surface area contributed by atoms with Crippen molar-refractivity contribution in [1.29, 1.82) is 0 Å². The predicted molar refractivity (Wildman–Crippen MR) is 70.2 cm³/mol. The van der Waals surface area contributed by atoms with Crippen LogP contribution in [0.3, 0.4) is 0 Å². The third-order valence-corrected chi connectivity index (χ3v) is 3.01. The highest BCUT2D eigenvalue weighted by atomic mass is 15.3. The molecule has 2 rings (SSSR count). The van der Waals surface area contributed by atoms with Gasteiger partial charge < -0.3 is 5.32 Å². The Kier molecular flexibility index (Phi) is 4.41. The van der Waals surface area contributed by atoms with Crippen molar-refractivity contribution in [2.24, 2.45) is 0 Å². The maximum absolute atomic E-state index is 4.36. The van der Waals surface area contributed by atoms with E-state index in [1.54, 1.807) is 6.33 Å². The van der Waals surface area contributed by atoms with Crippen molar-refractivity contribution in [3.63, 3.8) is 0 Å². The SMILES string of the molecule is CCn1ncnc1CC(Cc1ccccn1)NC. The van der Waals surface area contributed by atoms with Crippen LogP contribution in [0.1, 0.15) is 18.4 Å². The smallest absolute Gasteiger partial charge is 0.138 e. The fourth-order valence-electron chi connectivity index (χ4n) is 1.98. The van der Waals surface area contributed by atoms with Gasteiger partial charge in [0.05, 0.1) is 0 Å². The van der Waals surface area contributed by atoms with Crippen LogP contribution in [0.4, 0.5) is 0 Å². The molecule has 2 aromatic rings. The number of hydrogen-bond donors (Lipinski definition) is 1. The topological polar surface area (TPSA) is 55.6 Å². The molecule has 18 heavy (non-hydrogen) atoms. The van der Waals surface area contributed by atoms with Gasteiger partial charge in [-0.3, -0.25) is 9.67 Å². The lowest BCUT2D eigenvalue weighted by Gasteiger charge is -2.15. The normalized spacial score (nSPS) is 12.6. The van der Waals surface area contributed by atoms with E-state index in [1.165, 1.54) is 0 Å². The molecule has 5 nitrogen and oxygen atoms in total. The second-order valence-electron chi connectivity index (χ2n) is 4.21. The number of nitrogens with zero attached hydrogens (tertiary/aromatic N) is 4. The number of hydrogen-bond acceptors (Lipinski definition) is 4. The van der Waals surface area contributed by atoms with Gasteiger partial charge in [0, 0.05) is 37.3 Å². The average Bonchev–Trinajstić information content (AvgIpc) is 2.86. The summed E-state index contributed by atoms with van der Waals surface area (Å²) in [5, 5.41) is 7.51. The molecule has 0 saturated heterocycles. The summed E-state index contributed by atoms with van der Waals surface area (Å²) in [5.74, 6) is 1.02. The largest absolute Gasteiger partial charge is 0.316 e. The first-order valence-electron chi connectivity index (χ1n) is 6.27. The lowest BCUT2D eigenvalue weighted by atomic mass is 10.1. The molecule has 0 amide bonds. The molecule has 1 N–H and O–H groups in total. The highest BCUT2D eigenvalue weighted by Gasteiger charge is 2.12. The molecular weight excluding hydrogens is 226 g/mol. The Morgan fingerprint density at radius 1 is 1.28 bits per heavy atom. The first kappa shape index (κ1) is 12.7. The van der Waals surface area contributed by atoms with Gasteiger partial charge in [0.2, 0.25) is 0 Å². The van der Waals surface area contributed by atoms with Crippen LogP contribution in [0.2, 0.25) is 0 Å². The van der Waals surface area contributed by atoms with Crippen molar-refractivity contribution < 1.29 is 0 Å². The van der Waals surface area contributed by atoms with Gasteiger partial charge in [-0.1, -0.05) is 6.07 Å². The van der Waals surface area contributed by atoms with Crippen LogP contribution in [-0.4, -0.2) is 32.8 Å². The molecule has 0 aromatic carbocycles. The summed E-state index contributed by atoms with van der Waals surface area (Å²) >= 11 is 0. The third kappa shape index (κ3) is 3.13. The van der Waals surface area contributed by atoms with Crippen LogP contribution in [0.15, 0.2) is 30.7 Å². The summed E-state index contributed by atoms with van der Waals surface area (Å²) in [6.07, 6.45) is 5.21. The molecule has 0 aliphatic heterocycles. The highest BCUT2D eigenvalue weighted by molar-refractivity contribution is 5.06. The van der Waals surface area contributed by atoms with E-state index in [-0.39, 0.29) is 0 Å². The van der Waals surface area contributed by atoms with Crippen molar-refractivity contribution in [3.05, 3.63) is 42.2 Å². The molecule has 0 radical (unpaired) electrons. The van der Waals surface area contributed by atoms with Gasteiger partial charge in [-0.15, -0.1) is 0 Å². The van der Waals surface area contributed by atoms with Crippen LogP contribution in [0, 0.1) is 0 Å². The molecular formula is C13H19N5. The number of aryl methyl sites for hydroxylation is 1. The summed E-state index contributed by atoms with van der Waals surface area (Å²) in [6, 6.07) is 6.33. The number of likely N-dealkylation sites (N-methyl/N-ethyl adjacent to an activating group) is 1. The Morgan fingerprint density at radius 3 is 2.83 bits per heavy atom. The molecule has 1 atom stereocenters. The van der Waals surface area contributed by atoms with Crippen molar-refractivity contribution in [2.45, 2.75) is 32.4 Å². The molecule has 0 spiro atoms. The molecule has 0 fully saturated rings. The Morgan fingerprint density at radius 2 is 2.17 bits per heavy atom. The minimum Gasteiger partial charge on any atom is -0.316 e. The summed E-state index contributed by atoms with van der Waals surface area (Å²) < 4.78 is 1.93. The van der Waals surface area contributed by atoms with Crippen LogP contribution in [0.25, 0.3) is 0 Å². The molecule has 0 aliphatic rings. The minimum atomic E-state index is 0.328. The van der Waals surface area contributed by atoms with E-state index < -0.39 is 0 Å². The fourth-order valence-corrected chi connectivity index (χ4v) is 1.98. The monoisotopic (exact) mass is 245 g/mol. The average molecular weight is 245 g/mol. The van der Waals surface area contributed by atoms with Gasteiger partial charge >= 0.3 is 0 Å². The quantitative estimate of drug-likeness (QED) is 0.827. The lowest BCUT2D eigenvalue weighted by Crippen LogP contribution is -2.31. The van der Waals surface area contributed by atoms with Gasteiger partial charge in [0.1, 0.15) is 12.2 Å². The second kappa shape index (κ2) is 6.26. The third-order valence-electron chi connectivity index (χ3n) is 3.01. The van der Waals surface area contributed by atoms with Crippen LogP contribution >= 0.6 is 0 Å². The zero-order valence-electron chi connectivity index (χ0n) is 10.9. The van der Waals surface area contributed by atoms with Gasteiger partial charge in [0.15, 0.2) is 0 Å². The molecule has 0 aliphatic carbocycles. The van der Waals surface area contributed by atoms with E-state index in [4.69, 9.17) is 0 Å². The molecule has 96 valence electrons. The molecule has 0 saturated carbocycles. The summed E-state index contributed by atoms with van der Waals surface area (Å²) in [4.78, 5) is 8.66. The van der Waals surface area contributed by atoms with Crippen molar-refractivity contribution in [3.8, 4) is 0 Å². The van der Waals surface area contributed by atoms with Gasteiger partial charge in [-0.2, -0.15) is 5.10 Å². The molecule has 0 bridgehead atoms. The highest BCUT2D eigenvalue weighted by Crippen LogP contribution is 2.05. The van der Waals surface area contributed by atoms with Gasteiger partial charge in [0.25, 0.3) is 0 Å². The lowest BCUT2D eigenvalue weighted by molar-refractivity contribution is 0.509. The zero-order chi connectivity index (χ0) is 12.8. The van der Waals surface area contributed by atoms with E-state index in [0.29, 0.717) is 6.04 Å². The summed E-state index contributed by atoms with van der Waals surface area (Å²) in [6.45, 7) is 2.93. The minimum absolute atomic E-state index is 0.328. The van der Waals surface area contributed by atoms with E-state index in [2.05, 4.69) is 33.4 Å². The molecule has 2 aromatic heterocycles. The van der Waals surface area contributed by atoms with Crippen LogP contribution < -0.4 is 5.32 Å². The fraction of sp³-hybridized carbons (Fsp3) is 0.462. The van der Waals surface area contributed by atoms with Crippen molar-refractivity contribution in [2.75, 3.05) is 7.05 Å². The second-order valence-corrected chi connectivity index (χ2v) is 4.21. The maximum atomic E-state index is 4.36. The van der Waals surface area contributed by atoms with Crippen LogP contribution in [0.5, 0.6) is 0 Å². The summed E-state index contributed by atoms with van der Waals surface area (Å²) in [5.41, 5.74) is 1.10. The van der Waals surface area contributed by atoms with Gasteiger partial charge in [-0.05, 0) is 26.1 Å². The molecule has 1 unspecified atom stereocenters. The Labute approximate surface area is 107 Å². The molecule has 5 heteroatoms. The molecule has 2 heterocycles. The van der Waals surface area contributed by atoms with E-state index in [0.717, 1.165) is 30.9 Å². The zero-order valence-corrected chi connectivity index (χ0v) is 10.9. The number of nitrogens with one attached hydrogen (secondary N) is 1. The first-order chi connectivity index (χ1) is 8.83. The van der Waals surface area contributed by atoms with E-state index >= 15 is 0 Å². The summed E-state index contributed by atoms with van der Waals surface area (Å²) in [7, 11) is 1.97. The number of pyridine rings is 1. The number of rotatable bonds is 6. The first-order valence-corrected chi connectivity index (χ1v) is 6.27. The number of aromatic nitrogens is 4. The van der Waals surface area contributed by atoms with E-state index in [1.807, 2.05) is 30.1 Å². The van der Waals surface area contributed by atoms with Gasteiger partial charge in [-0.25, -0.2) is 4.98 Å². The van der Waals surface area contributed by atoms with E-state index in [9.17, 15) is 0 Å². The Bertz CT molecular complexity index is 465. The Balaban J connectivity index is 2.02. The van der Waals surface area contributed by atoms with Crippen molar-refractivity contribution >= 4 is 0 Å². The Hall–Kier alpha value is -1.75.